The van der Waals surface area contributed by atoms with Crippen molar-refractivity contribution in [2.75, 3.05) is 13.2 Å². The largest absolute Gasteiger partial charge is 0.466 e. The second-order valence-electron chi connectivity index (χ2n) is 3.43. The van der Waals surface area contributed by atoms with Crippen molar-refractivity contribution in [3.63, 3.8) is 0 Å². The molecule has 0 radical (unpaired) electrons. The van der Waals surface area contributed by atoms with Gasteiger partial charge in [-0.25, -0.2) is 0 Å². The summed E-state index contributed by atoms with van der Waals surface area (Å²) in [6, 6.07) is 0.492. The summed E-state index contributed by atoms with van der Waals surface area (Å²) in [6.45, 7) is 7.62. The SMILES string of the molecule is CCCOC(=O)CCCNC(C)C. The third-order valence-corrected chi connectivity index (χ3v) is 1.58. The Kier molecular flexibility index (Phi) is 7.69. The van der Waals surface area contributed by atoms with Crippen LogP contribution in [-0.4, -0.2) is 25.2 Å². The molecule has 0 atom stereocenters. The van der Waals surface area contributed by atoms with Gasteiger partial charge in [-0.15, -0.1) is 0 Å². The highest BCUT2D eigenvalue weighted by molar-refractivity contribution is 5.69. The standard InChI is InChI=1S/C10H21NO2/c1-4-8-13-10(12)6-5-7-11-9(2)3/h9,11H,4-8H2,1-3H3. The average molecular weight is 187 g/mol. The van der Waals surface area contributed by atoms with E-state index in [4.69, 9.17) is 4.74 Å². The molecule has 0 rings (SSSR count). The van der Waals surface area contributed by atoms with E-state index in [0.717, 1.165) is 19.4 Å². The van der Waals surface area contributed by atoms with Crippen molar-refractivity contribution < 1.29 is 9.53 Å². The maximum absolute atomic E-state index is 11.0. The molecule has 3 heteroatoms. The van der Waals surface area contributed by atoms with E-state index in [1.165, 1.54) is 0 Å². The Bertz CT molecular complexity index is 135. The van der Waals surface area contributed by atoms with Crippen LogP contribution < -0.4 is 5.32 Å². The molecule has 0 aliphatic rings. The molecule has 0 fully saturated rings. The number of hydrogen-bond acceptors (Lipinski definition) is 3. The molecule has 0 spiro atoms. The van der Waals surface area contributed by atoms with Gasteiger partial charge in [0.25, 0.3) is 0 Å². The summed E-state index contributed by atoms with van der Waals surface area (Å²) in [5.41, 5.74) is 0. The zero-order valence-electron chi connectivity index (χ0n) is 8.93. The molecule has 0 saturated heterocycles. The van der Waals surface area contributed by atoms with Crippen LogP contribution in [0.1, 0.15) is 40.0 Å². The van der Waals surface area contributed by atoms with Crippen molar-refractivity contribution in [3.05, 3.63) is 0 Å². The van der Waals surface area contributed by atoms with Crippen molar-refractivity contribution in [3.8, 4) is 0 Å². The van der Waals surface area contributed by atoms with E-state index < -0.39 is 0 Å². The highest BCUT2D eigenvalue weighted by Gasteiger charge is 2.01. The second-order valence-corrected chi connectivity index (χ2v) is 3.43. The number of carbonyl (C=O) groups excluding carboxylic acids is 1. The molecule has 0 aromatic carbocycles. The number of esters is 1. The Balaban J connectivity index is 3.17. The fourth-order valence-electron chi connectivity index (χ4n) is 0.912. The predicted octanol–water partition coefficient (Wildman–Crippen LogP) is 1.72. The van der Waals surface area contributed by atoms with Crippen molar-refractivity contribution in [2.45, 2.75) is 46.1 Å². The van der Waals surface area contributed by atoms with Crippen LogP contribution in [0.15, 0.2) is 0 Å². The monoisotopic (exact) mass is 187 g/mol. The van der Waals surface area contributed by atoms with Crippen molar-refractivity contribution in [2.24, 2.45) is 0 Å². The Morgan fingerprint density at radius 3 is 2.69 bits per heavy atom. The number of rotatable bonds is 7. The summed E-state index contributed by atoms with van der Waals surface area (Å²) >= 11 is 0. The maximum Gasteiger partial charge on any atom is 0.305 e. The molecule has 0 heterocycles. The van der Waals surface area contributed by atoms with Gasteiger partial charge < -0.3 is 10.1 Å². The highest BCUT2D eigenvalue weighted by Crippen LogP contribution is 1.93. The van der Waals surface area contributed by atoms with E-state index in [1.54, 1.807) is 0 Å². The molecular weight excluding hydrogens is 166 g/mol. The first kappa shape index (κ1) is 12.4. The van der Waals surface area contributed by atoms with Gasteiger partial charge in [0, 0.05) is 12.5 Å². The molecule has 13 heavy (non-hydrogen) atoms. The Morgan fingerprint density at radius 2 is 2.15 bits per heavy atom. The van der Waals surface area contributed by atoms with Gasteiger partial charge in [0.15, 0.2) is 0 Å². The summed E-state index contributed by atoms with van der Waals surface area (Å²) in [5.74, 6) is -0.0765. The zero-order chi connectivity index (χ0) is 10.1. The van der Waals surface area contributed by atoms with E-state index in [-0.39, 0.29) is 5.97 Å². The Labute approximate surface area is 80.8 Å². The van der Waals surface area contributed by atoms with E-state index in [2.05, 4.69) is 19.2 Å². The van der Waals surface area contributed by atoms with Gasteiger partial charge in [-0.1, -0.05) is 20.8 Å². The minimum Gasteiger partial charge on any atom is -0.466 e. The van der Waals surface area contributed by atoms with Gasteiger partial charge >= 0.3 is 5.97 Å². The third-order valence-electron chi connectivity index (χ3n) is 1.58. The lowest BCUT2D eigenvalue weighted by molar-refractivity contribution is -0.143. The van der Waals surface area contributed by atoms with Crippen LogP contribution >= 0.6 is 0 Å². The Hall–Kier alpha value is -0.570. The van der Waals surface area contributed by atoms with Gasteiger partial charge in [0.05, 0.1) is 6.61 Å². The molecule has 1 N–H and O–H groups in total. The summed E-state index contributed by atoms with van der Waals surface area (Å²) in [6.07, 6.45) is 2.29. The van der Waals surface area contributed by atoms with Crippen LogP contribution in [0.5, 0.6) is 0 Å². The third kappa shape index (κ3) is 9.34. The first-order valence-electron chi connectivity index (χ1n) is 5.05. The fourth-order valence-corrected chi connectivity index (χ4v) is 0.912. The van der Waals surface area contributed by atoms with Crippen LogP contribution in [0.25, 0.3) is 0 Å². The van der Waals surface area contributed by atoms with Gasteiger partial charge in [-0.2, -0.15) is 0 Å². The number of ether oxygens (including phenoxy) is 1. The van der Waals surface area contributed by atoms with Gasteiger partial charge in [0.2, 0.25) is 0 Å². The molecule has 0 aromatic rings. The zero-order valence-corrected chi connectivity index (χ0v) is 8.93. The topological polar surface area (TPSA) is 38.3 Å². The number of hydrogen-bond donors (Lipinski definition) is 1. The Morgan fingerprint density at radius 1 is 1.46 bits per heavy atom. The normalized spacial score (nSPS) is 10.5. The molecular formula is C10H21NO2. The van der Waals surface area contributed by atoms with Crippen LogP contribution in [-0.2, 0) is 9.53 Å². The van der Waals surface area contributed by atoms with Crippen LogP contribution in [0, 0.1) is 0 Å². The molecule has 0 amide bonds. The lowest BCUT2D eigenvalue weighted by Crippen LogP contribution is -2.24. The molecule has 0 saturated carbocycles. The van der Waals surface area contributed by atoms with E-state index >= 15 is 0 Å². The summed E-state index contributed by atoms with van der Waals surface area (Å²) in [7, 11) is 0. The quantitative estimate of drug-likeness (QED) is 0.487. The van der Waals surface area contributed by atoms with Crippen molar-refractivity contribution >= 4 is 5.97 Å². The van der Waals surface area contributed by atoms with E-state index in [9.17, 15) is 4.79 Å². The molecule has 0 aromatic heterocycles. The van der Waals surface area contributed by atoms with E-state index in [1.807, 2.05) is 6.92 Å². The molecule has 0 aliphatic carbocycles. The highest BCUT2D eigenvalue weighted by atomic mass is 16.5. The lowest BCUT2D eigenvalue weighted by Gasteiger charge is -2.07. The van der Waals surface area contributed by atoms with Crippen LogP contribution in [0.4, 0.5) is 0 Å². The fraction of sp³-hybridized carbons (Fsp3) is 0.900. The first-order chi connectivity index (χ1) is 6.16. The first-order valence-corrected chi connectivity index (χ1v) is 5.05. The molecule has 0 aliphatic heterocycles. The maximum atomic E-state index is 11.0. The summed E-state index contributed by atoms with van der Waals surface area (Å²) < 4.78 is 4.93. The van der Waals surface area contributed by atoms with Gasteiger partial charge in [0.1, 0.15) is 0 Å². The molecule has 0 bridgehead atoms. The molecule has 3 nitrogen and oxygen atoms in total. The van der Waals surface area contributed by atoms with Gasteiger partial charge in [-0.05, 0) is 19.4 Å². The van der Waals surface area contributed by atoms with Crippen LogP contribution in [0.2, 0.25) is 0 Å². The lowest BCUT2D eigenvalue weighted by atomic mass is 10.3. The second kappa shape index (κ2) is 8.05. The summed E-state index contributed by atoms with van der Waals surface area (Å²) in [4.78, 5) is 11.0. The van der Waals surface area contributed by atoms with Crippen LogP contribution in [0.3, 0.4) is 0 Å². The predicted molar refractivity (Wildman–Crippen MR) is 53.6 cm³/mol. The molecule has 78 valence electrons. The van der Waals surface area contributed by atoms with Gasteiger partial charge in [-0.3, -0.25) is 4.79 Å². The van der Waals surface area contributed by atoms with E-state index in [0.29, 0.717) is 19.1 Å². The smallest absolute Gasteiger partial charge is 0.305 e. The minimum absolute atomic E-state index is 0.0765. The van der Waals surface area contributed by atoms with Crippen molar-refractivity contribution in [1.82, 2.24) is 5.32 Å². The summed E-state index contributed by atoms with van der Waals surface area (Å²) in [5, 5.41) is 3.25. The average Bonchev–Trinajstić information content (AvgIpc) is 2.08. The number of carbonyl (C=O) groups is 1. The minimum atomic E-state index is -0.0765. The number of nitrogens with one attached hydrogen (secondary N) is 1. The molecule has 0 unspecified atom stereocenters. The van der Waals surface area contributed by atoms with Crippen molar-refractivity contribution in [1.29, 1.82) is 0 Å².